The Morgan fingerprint density at radius 2 is 1.07 bits per heavy atom. The van der Waals surface area contributed by atoms with E-state index < -0.39 is 67.0 Å². The number of Topliss-reactive ketones (excluding diaryl/α,β-unsaturated/α-hetero) is 1. The summed E-state index contributed by atoms with van der Waals surface area (Å²) in [6.45, 7) is 2.90. The molecule has 1 rings (SSSR count). The number of nitrogens with two attached hydrogens (primary N) is 1. The summed E-state index contributed by atoms with van der Waals surface area (Å²) in [5.41, 5.74) is 6.90. The summed E-state index contributed by atoms with van der Waals surface area (Å²) in [6, 6.07) is -1.59. The quantitative estimate of drug-likeness (QED) is 0.0260. The lowest BCUT2D eigenvalue weighted by atomic mass is 9.80. The van der Waals surface area contributed by atoms with Crippen LogP contribution < -0.4 is 11.1 Å². The SMILES string of the molecule is CCCCCCCCCCCCCCCCCC(=O)N(CCCCCCCCCCCC)[C@]1(N)O[C@H](CO)[C@@H](O)[C@H](O)[C@H]1C(=O)[C@H](CO)NC(=O)CCCC(=O)O. The normalized spacial score (nSPS) is 21.3. The Kier molecular flexibility index (Phi) is 30.3. The van der Waals surface area contributed by atoms with Crippen molar-refractivity contribution in [2.75, 3.05) is 19.8 Å². The van der Waals surface area contributed by atoms with E-state index in [2.05, 4.69) is 19.2 Å². The average Bonchev–Trinajstić information content (AvgIpc) is 3.18. The van der Waals surface area contributed by atoms with Crippen molar-refractivity contribution in [2.24, 2.45) is 11.7 Å². The van der Waals surface area contributed by atoms with E-state index in [9.17, 15) is 39.6 Å². The first-order valence-electron chi connectivity index (χ1n) is 22.9. The maximum atomic E-state index is 14.1. The topological polar surface area (TPSA) is 220 Å². The standard InChI is InChI=1S/C44H83N3O10/c1-3-5-7-9-11-13-15-16-17-18-19-20-22-24-26-30-38(51)47(32-27-25-23-21-14-12-10-8-6-4-2)44(45)40(43(56)42(55)36(34-49)57-44)41(54)35(33-48)46-37(50)29-28-31-39(52)53/h35-36,40,42-43,48-49,55-56H,3-34,45H2,1-2H3,(H,46,50)(H,52,53)/t35-,36+,40+,42+,43+,44-/m0/s1. The molecule has 1 saturated heterocycles. The third-order valence-corrected chi connectivity index (χ3v) is 11.5. The van der Waals surface area contributed by atoms with Crippen LogP contribution >= 0.6 is 0 Å². The number of hydrogen-bond acceptors (Lipinski definition) is 10. The highest BCUT2D eigenvalue weighted by Gasteiger charge is 2.59. The summed E-state index contributed by atoms with van der Waals surface area (Å²) in [5, 5.41) is 53.8. The van der Waals surface area contributed by atoms with Crippen LogP contribution in [-0.2, 0) is 23.9 Å². The van der Waals surface area contributed by atoms with Gasteiger partial charge in [-0.2, -0.15) is 0 Å². The third-order valence-electron chi connectivity index (χ3n) is 11.5. The second kappa shape index (κ2) is 32.7. The Balaban J connectivity index is 2.98. The molecule has 0 aromatic carbocycles. The van der Waals surface area contributed by atoms with Crippen molar-refractivity contribution in [1.29, 1.82) is 0 Å². The number of amides is 2. The molecule has 1 aliphatic heterocycles. The van der Waals surface area contributed by atoms with Crippen LogP contribution in [0, 0.1) is 5.92 Å². The van der Waals surface area contributed by atoms with Crippen LogP contribution in [0.4, 0.5) is 0 Å². The second-order valence-electron chi connectivity index (χ2n) is 16.4. The number of hydrogen-bond donors (Lipinski definition) is 7. The van der Waals surface area contributed by atoms with Gasteiger partial charge in [0, 0.05) is 25.8 Å². The van der Waals surface area contributed by atoms with Gasteiger partial charge < -0.3 is 40.5 Å². The molecule has 6 atom stereocenters. The van der Waals surface area contributed by atoms with Gasteiger partial charge >= 0.3 is 5.97 Å². The molecule has 0 radical (unpaired) electrons. The molecule has 13 heteroatoms. The fourth-order valence-electron chi connectivity index (χ4n) is 7.92. The molecule has 0 bridgehead atoms. The molecule has 8 N–H and O–H groups in total. The Morgan fingerprint density at radius 3 is 1.49 bits per heavy atom. The number of rotatable bonds is 37. The van der Waals surface area contributed by atoms with Gasteiger partial charge in [0.05, 0.1) is 19.3 Å². The fraction of sp³-hybridized carbons (Fsp3) is 0.909. The Morgan fingerprint density at radius 1 is 0.632 bits per heavy atom. The van der Waals surface area contributed by atoms with Gasteiger partial charge in [-0.15, -0.1) is 0 Å². The van der Waals surface area contributed by atoms with Crippen LogP contribution in [0.25, 0.3) is 0 Å². The lowest BCUT2D eigenvalue weighted by Crippen LogP contribution is -2.76. The summed E-state index contributed by atoms with van der Waals surface area (Å²) in [7, 11) is 0. The average molecular weight is 814 g/mol. The van der Waals surface area contributed by atoms with Gasteiger partial charge in [-0.05, 0) is 19.3 Å². The van der Waals surface area contributed by atoms with Gasteiger partial charge in [-0.25, -0.2) is 0 Å². The number of ketones is 1. The van der Waals surface area contributed by atoms with Crippen LogP contribution in [0.1, 0.15) is 200 Å². The van der Waals surface area contributed by atoms with Crippen LogP contribution in [0.3, 0.4) is 0 Å². The van der Waals surface area contributed by atoms with E-state index in [4.69, 9.17) is 15.6 Å². The molecule has 0 aromatic heterocycles. The van der Waals surface area contributed by atoms with Crippen LogP contribution in [0.5, 0.6) is 0 Å². The molecule has 1 aliphatic rings. The van der Waals surface area contributed by atoms with Crippen molar-refractivity contribution in [3.8, 4) is 0 Å². The number of carbonyl (C=O) groups is 4. The molecular weight excluding hydrogens is 730 g/mol. The van der Waals surface area contributed by atoms with Crippen molar-refractivity contribution in [3.63, 3.8) is 0 Å². The van der Waals surface area contributed by atoms with E-state index in [1.165, 1.54) is 101 Å². The molecule has 1 heterocycles. The van der Waals surface area contributed by atoms with Gasteiger partial charge in [0.15, 0.2) is 5.78 Å². The van der Waals surface area contributed by atoms with Crippen molar-refractivity contribution < 1.29 is 49.4 Å². The molecule has 57 heavy (non-hydrogen) atoms. The van der Waals surface area contributed by atoms with Crippen LogP contribution in [-0.4, -0.2) is 104 Å². The molecule has 1 fully saturated rings. The lowest BCUT2D eigenvalue weighted by Gasteiger charge is -2.53. The first kappa shape index (κ1) is 52.9. The smallest absolute Gasteiger partial charge is 0.303 e. The highest BCUT2D eigenvalue weighted by Crippen LogP contribution is 2.36. The first-order valence-corrected chi connectivity index (χ1v) is 22.9. The van der Waals surface area contributed by atoms with Gasteiger partial charge in [-0.1, -0.05) is 162 Å². The number of aliphatic hydroxyl groups excluding tert-OH is 4. The van der Waals surface area contributed by atoms with Crippen molar-refractivity contribution >= 4 is 23.6 Å². The van der Waals surface area contributed by atoms with Gasteiger partial charge in [0.2, 0.25) is 17.7 Å². The lowest BCUT2D eigenvalue weighted by molar-refractivity contribution is -0.292. The summed E-state index contributed by atoms with van der Waals surface area (Å²) >= 11 is 0. The van der Waals surface area contributed by atoms with Crippen molar-refractivity contribution in [2.45, 2.75) is 230 Å². The van der Waals surface area contributed by atoms with Crippen LogP contribution in [0.15, 0.2) is 0 Å². The Hall–Kier alpha value is -2.16. The second-order valence-corrected chi connectivity index (χ2v) is 16.4. The minimum atomic E-state index is -2.31. The summed E-state index contributed by atoms with van der Waals surface area (Å²) < 4.78 is 6.03. The van der Waals surface area contributed by atoms with E-state index in [0.29, 0.717) is 12.8 Å². The van der Waals surface area contributed by atoms with Crippen molar-refractivity contribution in [3.05, 3.63) is 0 Å². The van der Waals surface area contributed by atoms with Crippen LogP contribution in [0.2, 0.25) is 0 Å². The largest absolute Gasteiger partial charge is 0.481 e. The first-order chi connectivity index (χ1) is 27.5. The number of carbonyl (C=O) groups excluding carboxylic acids is 3. The minimum absolute atomic E-state index is 0.000830. The molecule has 334 valence electrons. The zero-order valence-electron chi connectivity index (χ0n) is 35.8. The number of aliphatic hydroxyl groups is 4. The fourth-order valence-corrected chi connectivity index (χ4v) is 7.92. The molecule has 0 unspecified atom stereocenters. The minimum Gasteiger partial charge on any atom is -0.481 e. The highest BCUT2D eigenvalue weighted by atomic mass is 16.6. The van der Waals surface area contributed by atoms with Gasteiger partial charge in [0.25, 0.3) is 0 Å². The van der Waals surface area contributed by atoms with Crippen molar-refractivity contribution in [1.82, 2.24) is 10.2 Å². The molecular formula is C44H83N3O10. The Labute approximate surface area is 344 Å². The zero-order chi connectivity index (χ0) is 42.3. The van der Waals surface area contributed by atoms with Gasteiger partial charge in [0.1, 0.15) is 24.2 Å². The molecule has 2 amide bonds. The number of aliphatic carboxylic acids is 1. The maximum Gasteiger partial charge on any atom is 0.303 e. The molecule has 13 nitrogen and oxygen atoms in total. The number of nitrogens with one attached hydrogen (secondary N) is 1. The number of ether oxygens (including phenoxy) is 1. The molecule has 0 aliphatic carbocycles. The summed E-state index contributed by atoms with van der Waals surface area (Å²) in [4.78, 5) is 53.0. The Bertz CT molecular complexity index is 1080. The predicted molar refractivity (Wildman–Crippen MR) is 223 cm³/mol. The number of carboxylic acid groups (broad SMARTS) is 1. The van der Waals surface area contributed by atoms with Gasteiger partial charge in [-0.3, -0.25) is 24.9 Å². The zero-order valence-corrected chi connectivity index (χ0v) is 35.8. The summed E-state index contributed by atoms with van der Waals surface area (Å²) in [5.74, 6) is -7.23. The highest BCUT2D eigenvalue weighted by molar-refractivity contribution is 5.92. The van der Waals surface area contributed by atoms with E-state index in [1.54, 1.807) is 0 Å². The van der Waals surface area contributed by atoms with E-state index >= 15 is 0 Å². The molecule has 0 aromatic rings. The third kappa shape index (κ3) is 21.6. The number of nitrogens with zero attached hydrogens (tertiary/aromatic N) is 1. The molecule has 0 spiro atoms. The van der Waals surface area contributed by atoms with E-state index in [0.717, 1.165) is 51.4 Å². The number of unbranched alkanes of at least 4 members (excludes halogenated alkanes) is 23. The summed E-state index contributed by atoms with van der Waals surface area (Å²) in [6.07, 6.45) is 22.7. The monoisotopic (exact) mass is 814 g/mol. The molecule has 0 saturated carbocycles. The van der Waals surface area contributed by atoms with E-state index in [1.807, 2.05) is 0 Å². The maximum absolute atomic E-state index is 14.1. The van der Waals surface area contributed by atoms with E-state index in [-0.39, 0.29) is 38.1 Å². The predicted octanol–water partition coefficient (Wildman–Crippen LogP) is 6.64. The number of carboxylic acids is 1.